The van der Waals surface area contributed by atoms with Crippen LogP contribution in [0.25, 0.3) is 6.08 Å². The molecule has 0 saturated heterocycles. The smallest absolute Gasteiger partial charge is 0.185 e. The SMILES string of the molecule is Cc1sc(C=CC(=O)c2ccc(N(C)C)cc2)c2c1[C@H]1[C@@H](C2)C1(C)C. The molecule has 1 aromatic heterocycles. The van der Waals surface area contributed by atoms with E-state index >= 15 is 0 Å². The van der Waals surface area contributed by atoms with Crippen LogP contribution in [0, 0.1) is 18.3 Å². The standard InChI is InChI=1S/C22H25NOS/c1-13-20-16(12-17-21(20)22(17,2)3)19(25-13)11-10-18(24)14-6-8-15(9-7-14)23(4)5/h6-11,17,21H,12H2,1-5H3/t17-,21-/m1/s1. The number of aryl methyl sites for hydroxylation is 1. The number of carbonyl (C=O) groups is 1. The Morgan fingerprint density at radius 1 is 1.24 bits per heavy atom. The largest absolute Gasteiger partial charge is 0.378 e. The van der Waals surface area contributed by atoms with Gasteiger partial charge < -0.3 is 4.90 Å². The maximum Gasteiger partial charge on any atom is 0.185 e. The molecule has 0 N–H and O–H groups in total. The van der Waals surface area contributed by atoms with E-state index in [1.165, 1.54) is 21.7 Å². The van der Waals surface area contributed by atoms with Crippen LogP contribution in [0.15, 0.2) is 30.3 Å². The van der Waals surface area contributed by atoms with Crippen molar-refractivity contribution in [2.75, 3.05) is 19.0 Å². The molecular weight excluding hydrogens is 326 g/mol. The second-order valence-corrected chi connectivity index (χ2v) is 9.42. The zero-order valence-corrected chi connectivity index (χ0v) is 16.4. The van der Waals surface area contributed by atoms with E-state index in [4.69, 9.17) is 0 Å². The molecule has 2 aliphatic rings. The minimum absolute atomic E-state index is 0.0774. The monoisotopic (exact) mass is 351 g/mol. The van der Waals surface area contributed by atoms with Crippen molar-refractivity contribution in [1.29, 1.82) is 0 Å². The summed E-state index contributed by atoms with van der Waals surface area (Å²) < 4.78 is 0. The summed E-state index contributed by atoms with van der Waals surface area (Å²) in [6.45, 7) is 7.01. The molecule has 4 rings (SSSR count). The van der Waals surface area contributed by atoms with Crippen molar-refractivity contribution in [3.63, 3.8) is 0 Å². The lowest BCUT2D eigenvalue weighted by Crippen LogP contribution is -2.08. The highest BCUT2D eigenvalue weighted by molar-refractivity contribution is 7.13. The number of allylic oxidation sites excluding steroid dienone is 1. The maximum atomic E-state index is 12.5. The van der Waals surface area contributed by atoms with E-state index < -0.39 is 0 Å². The van der Waals surface area contributed by atoms with Gasteiger partial charge in [-0.25, -0.2) is 0 Å². The zero-order chi connectivity index (χ0) is 17.9. The predicted octanol–water partition coefficient (Wildman–Crippen LogP) is 5.31. The van der Waals surface area contributed by atoms with Gasteiger partial charge >= 0.3 is 0 Å². The van der Waals surface area contributed by atoms with Crippen LogP contribution in [-0.4, -0.2) is 19.9 Å². The third kappa shape index (κ3) is 2.56. The molecule has 0 radical (unpaired) electrons. The highest BCUT2D eigenvalue weighted by Gasteiger charge is 2.63. The molecule has 2 nitrogen and oxygen atoms in total. The fraction of sp³-hybridized carbons (Fsp3) is 0.409. The van der Waals surface area contributed by atoms with Gasteiger partial charge in [0.25, 0.3) is 0 Å². The van der Waals surface area contributed by atoms with Crippen LogP contribution in [0.1, 0.15) is 51.0 Å². The maximum absolute atomic E-state index is 12.5. The number of thiophene rings is 1. The van der Waals surface area contributed by atoms with Gasteiger partial charge in [0.15, 0.2) is 5.78 Å². The summed E-state index contributed by atoms with van der Waals surface area (Å²) in [7, 11) is 4.00. The fourth-order valence-electron chi connectivity index (χ4n) is 4.47. The number of hydrogen-bond donors (Lipinski definition) is 0. The van der Waals surface area contributed by atoms with Crippen LogP contribution < -0.4 is 4.90 Å². The van der Waals surface area contributed by atoms with Gasteiger partial charge in [-0.3, -0.25) is 4.79 Å². The molecule has 0 unspecified atom stereocenters. The van der Waals surface area contributed by atoms with Crippen LogP contribution in [-0.2, 0) is 6.42 Å². The molecule has 2 aromatic rings. The Hall–Kier alpha value is -1.87. The number of benzene rings is 1. The molecule has 0 bridgehead atoms. The van der Waals surface area contributed by atoms with Crippen LogP contribution in [0.3, 0.4) is 0 Å². The normalized spacial score (nSPS) is 22.8. The Bertz CT molecular complexity index is 870. The van der Waals surface area contributed by atoms with Gasteiger partial charge in [0.05, 0.1) is 0 Å². The van der Waals surface area contributed by atoms with E-state index in [0.717, 1.165) is 23.1 Å². The molecule has 1 heterocycles. The van der Waals surface area contributed by atoms with E-state index in [1.807, 2.05) is 60.7 Å². The van der Waals surface area contributed by atoms with E-state index in [9.17, 15) is 4.79 Å². The quantitative estimate of drug-likeness (QED) is 0.549. The molecule has 0 amide bonds. The van der Waals surface area contributed by atoms with Gasteiger partial charge in [-0.2, -0.15) is 0 Å². The Kier molecular flexibility index (Phi) is 3.69. The van der Waals surface area contributed by atoms with Gasteiger partial charge in [-0.15, -0.1) is 11.3 Å². The summed E-state index contributed by atoms with van der Waals surface area (Å²) >= 11 is 1.85. The van der Waals surface area contributed by atoms with E-state index in [0.29, 0.717) is 5.41 Å². The fourth-order valence-corrected chi connectivity index (χ4v) is 5.61. The first kappa shape index (κ1) is 16.6. The first-order valence-electron chi connectivity index (χ1n) is 8.92. The van der Waals surface area contributed by atoms with Crippen molar-refractivity contribution < 1.29 is 4.79 Å². The van der Waals surface area contributed by atoms with Crippen molar-refractivity contribution in [2.45, 2.75) is 33.1 Å². The van der Waals surface area contributed by atoms with Crippen LogP contribution in [0.5, 0.6) is 0 Å². The lowest BCUT2D eigenvalue weighted by atomic mass is 9.95. The average Bonchev–Trinajstić information content (AvgIpc) is 2.93. The van der Waals surface area contributed by atoms with E-state index in [2.05, 4.69) is 20.8 Å². The minimum Gasteiger partial charge on any atom is -0.378 e. The highest BCUT2D eigenvalue weighted by atomic mass is 32.1. The molecule has 1 saturated carbocycles. The average molecular weight is 352 g/mol. The molecule has 1 aromatic carbocycles. The molecule has 3 heteroatoms. The Labute approximate surface area is 154 Å². The van der Waals surface area contributed by atoms with Crippen molar-refractivity contribution in [1.82, 2.24) is 0 Å². The van der Waals surface area contributed by atoms with E-state index in [-0.39, 0.29) is 5.78 Å². The summed E-state index contributed by atoms with van der Waals surface area (Å²) in [5.41, 5.74) is 5.42. The van der Waals surface area contributed by atoms with Crippen molar-refractivity contribution in [3.8, 4) is 0 Å². The second-order valence-electron chi connectivity index (χ2n) is 8.16. The molecular formula is C22H25NOS. The summed E-state index contributed by atoms with van der Waals surface area (Å²) in [6, 6.07) is 7.79. The highest BCUT2D eigenvalue weighted by Crippen LogP contribution is 2.71. The van der Waals surface area contributed by atoms with Crippen molar-refractivity contribution >= 4 is 28.9 Å². The van der Waals surface area contributed by atoms with Crippen LogP contribution in [0.2, 0.25) is 0 Å². The van der Waals surface area contributed by atoms with Crippen LogP contribution >= 0.6 is 11.3 Å². The van der Waals surface area contributed by atoms with Gasteiger partial charge in [0.1, 0.15) is 0 Å². The molecule has 2 aliphatic carbocycles. The lowest BCUT2D eigenvalue weighted by Gasteiger charge is -2.11. The summed E-state index contributed by atoms with van der Waals surface area (Å²) in [4.78, 5) is 17.2. The number of nitrogens with zero attached hydrogens (tertiary/aromatic N) is 1. The van der Waals surface area contributed by atoms with Gasteiger partial charge in [-0.05, 0) is 78.1 Å². The van der Waals surface area contributed by atoms with Gasteiger partial charge in [0.2, 0.25) is 0 Å². The molecule has 130 valence electrons. The molecule has 0 spiro atoms. The Morgan fingerprint density at radius 3 is 2.56 bits per heavy atom. The topological polar surface area (TPSA) is 20.3 Å². The first-order valence-corrected chi connectivity index (χ1v) is 9.74. The number of rotatable bonds is 4. The second kappa shape index (κ2) is 5.57. The first-order chi connectivity index (χ1) is 11.8. The Balaban J connectivity index is 1.54. The molecule has 0 aliphatic heterocycles. The third-order valence-electron chi connectivity index (χ3n) is 6.10. The number of carbonyl (C=O) groups excluding carboxylic acids is 1. The summed E-state index contributed by atoms with van der Waals surface area (Å²) in [5, 5.41) is 0. The number of fused-ring (bicyclic) bond motifs is 3. The number of anilines is 1. The predicted molar refractivity (Wildman–Crippen MR) is 107 cm³/mol. The molecule has 25 heavy (non-hydrogen) atoms. The van der Waals surface area contributed by atoms with Crippen LogP contribution in [0.4, 0.5) is 5.69 Å². The summed E-state index contributed by atoms with van der Waals surface area (Å²) in [6.07, 6.45) is 4.96. The molecule has 1 fully saturated rings. The van der Waals surface area contributed by atoms with Gasteiger partial charge in [-0.1, -0.05) is 13.8 Å². The van der Waals surface area contributed by atoms with E-state index in [1.54, 1.807) is 11.6 Å². The number of hydrogen-bond acceptors (Lipinski definition) is 3. The minimum atomic E-state index is 0.0774. The zero-order valence-electron chi connectivity index (χ0n) is 15.6. The number of ketones is 1. The Morgan fingerprint density at radius 2 is 1.92 bits per heavy atom. The lowest BCUT2D eigenvalue weighted by molar-refractivity contribution is 0.104. The van der Waals surface area contributed by atoms with Crippen molar-refractivity contribution in [2.24, 2.45) is 11.3 Å². The van der Waals surface area contributed by atoms with Crippen molar-refractivity contribution in [3.05, 3.63) is 56.8 Å². The van der Waals surface area contributed by atoms with Gasteiger partial charge in [0, 0.05) is 35.1 Å². The molecule has 2 atom stereocenters. The summed E-state index contributed by atoms with van der Waals surface area (Å²) in [5.74, 6) is 1.63. The third-order valence-corrected chi connectivity index (χ3v) is 7.23.